The number of anilines is 4. The van der Waals surface area contributed by atoms with E-state index in [9.17, 15) is 4.79 Å². The maximum atomic E-state index is 11.0. The minimum absolute atomic E-state index is 0.108. The van der Waals surface area contributed by atoms with Crippen LogP contribution in [0.25, 0.3) is 0 Å². The molecule has 6 nitrogen and oxygen atoms in total. The maximum Gasteiger partial charge on any atom is 0.335 e. The fourth-order valence-electron chi connectivity index (χ4n) is 2.74. The average molecular weight is 376 g/mol. The van der Waals surface area contributed by atoms with Crippen molar-refractivity contribution in [2.45, 2.75) is 33.1 Å². The van der Waals surface area contributed by atoms with Gasteiger partial charge in [0.15, 0.2) is 0 Å². The second-order valence-corrected chi connectivity index (χ2v) is 7.65. The molecule has 0 aliphatic rings. The van der Waals surface area contributed by atoms with Gasteiger partial charge in [-0.05, 0) is 54.3 Å². The highest BCUT2D eigenvalue weighted by Crippen LogP contribution is 2.25. The number of rotatable bonds is 5. The molecule has 3 rings (SSSR count). The Balaban J connectivity index is 1.76. The minimum Gasteiger partial charge on any atom is -0.478 e. The molecule has 0 saturated carbocycles. The van der Waals surface area contributed by atoms with Gasteiger partial charge >= 0.3 is 5.97 Å². The molecule has 0 spiro atoms. The number of carbonyl (C=O) groups is 1. The molecule has 3 N–H and O–H groups in total. The molecule has 28 heavy (non-hydrogen) atoms. The van der Waals surface area contributed by atoms with Crippen LogP contribution in [0.15, 0.2) is 54.6 Å². The Kier molecular flexibility index (Phi) is 5.31. The molecule has 0 aliphatic carbocycles. The van der Waals surface area contributed by atoms with Gasteiger partial charge in [-0.3, -0.25) is 0 Å². The lowest BCUT2D eigenvalue weighted by molar-refractivity contribution is 0.0697. The fraction of sp³-hybridized carbons (Fsp3) is 0.227. The first kappa shape index (κ1) is 19.4. The van der Waals surface area contributed by atoms with Gasteiger partial charge in [-0.2, -0.15) is 0 Å². The van der Waals surface area contributed by atoms with Crippen LogP contribution < -0.4 is 10.6 Å². The summed E-state index contributed by atoms with van der Waals surface area (Å²) >= 11 is 0. The maximum absolute atomic E-state index is 11.0. The number of nitrogens with zero attached hydrogens (tertiary/aromatic N) is 2. The number of aryl methyl sites for hydroxylation is 1. The van der Waals surface area contributed by atoms with E-state index in [1.807, 2.05) is 25.1 Å². The van der Waals surface area contributed by atoms with Crippen LogP contribution >= 0.6 is 0 Å². The van der Waals surface area contributed by atoms with Gasteiger partial charge in [-0.1, -0.05) is 32.9 Å². The zero-order chi connectivity index (χ0) is 20.3. The van der Waals surface area contributed by atoms with E-state index in [1.165, 1.54) is 5.56 Å². The predicted octanol–water partition coefficient (Wildman–Crippen LogP) is 5.27. The highest BCUT2D eigenvalue weighted by atomic mass is 16.4. The molecule has 0 atom stereocenters. The van der Waals surface area contributed by atoms with E-state index in [0.717, 1.165) is 11.4 Å². The number of aromatic nitrogens is 2. The molecule has 6 heteroatoms. The van der Waals surface area contributed by atoms with Crippen molar-refractivity contribution in [2.75, 3.05) is 10.6 Å². The van der Waals surface area contributed by atoms with Crippen molar-refractivity contribution >= 4 is 29.0 Å². The van der Waals surface area contributed by atoms with E-state index < -0.39 is 5.97 Å². The molecular weight excluding hydrogens is 352 g/mol. The summed E-state index contributed by atoms with van der Waals surface area (Å²) in [5.41, 5.74) is 3.32. The Morgan fingerprint density at radius 2 is 1.32 bits per heavy atom. The van der Waals surface area contributed by atoms with E-state index in [4.69, 9.17) is 5.11 Å². The van der Waals surface area contributed by atoms with Crippen LogP contribution in [0.2, 0.25) is 0 Å². The molecule has 0 amide bonds. The Labute approximate surface area is 164 Å². The van der Waals surface area contributed by atoms with E-state index in [0.29, 0.717) is 17.5 Å². The summed E-state index contributed by atoms with van der Waals surface area (Å²) < 4.78 is 0. The summed E-state index contributed by atoms with van der Waals surface area (Å²) in [5.74, 6) is 0.986. The Hall–Kier alpha value is -3.41. The lowest BCUT2D eigenvalue weighted by atomic mass is 9.87. The lowest BCUT2D eigenvalue weighted by Gasteiger charge is -2.19. The van der Waals surface area contributed by atoms with E-state index in [1.54, 1.807) is 24.3 Å². The summed E-state index contributed by atoms with van der Waals surface area (Å²) in [7, 11) is 0. The second-order valence-electron chi connectivity index (χ2n) is 7.65. The normalized spacial score (nSPS) is 11.1. The van der Waals surface area contributed by atoms with Crippen molar-refractivity contribution in [1.82, 2.24) is 9.97 Å². The lowest BCUT2D eigenvalue weighted by Crippen LogP contribution is -2.10. The van der Waals surface area contributed by atoms with Crippen LogP contribution in [-0.4, -0.2) is 21.0 Å². The van der Waals surface area contributed by atoms with Crippen LogP contribution in [0.5, 0.6) is 0 Å². The summed E-state index contributed by atoms with van der Waals surface area (Å²) in [4.78, 5) is 19.8. The number of carboxylic acid groups (broad SMARTS) is 1. The fourth-order valence-corrected chi connectivity index (χ4v) is 2.74. The van der Waals surface area contributed by atoms with Gasteiger partial charge in [-0.15, -0.1) is 0 Å². The van der Waals surface area contributed by atoms with Crippen LogP contribution in [0.3, 0.4) is 0 Å². The molecule has 0 radical (unpaired) electrons. The van der Waals surface area contributed by atoms with Gasteiger partial charge in [-0.25, -0.2) is 14.8 Å². The Bertz CT molecular complexity index is 975. The first-order valence-electron chi connectivity index (χ1n) is 9.04. The largest absolute Gasteiger partial charge is 0.478 e. The zero-order valence-corrected chi connectivity index (χ0v) is 16.4. The van der Waals surface area contributed by atoms with Gasteiger partial charge in [0.1, 0.15) is 17.5 Å². The number of hydrogen-bond acceptors (Lipinski definition) is 5. The SMILES string of the molecule is Cc1nc(Nc2ccc(C(=O)O)cc2)cc(Nc2ccc(C(C)(C)C)cc2)n1. The highest BCUT2D eigenvalue weighted by molar-refractivity contribution is 5.88. The van der Waals surface area contributed by atoms with Crippen molar-refractivity contribution in [1.29, 1.82) is 0 Å². The van der Waals surface area contributed by atoms with Gasteiger partial charge in [0, 0.05) is 17.4 Å². The second kappa shape index (κ2) is 7.68. The molecule has 0 saturated heterocycles. The van der Waals surface area contributed by atoms with E-state index in [2.05, 4.69) is 53.5 Å². The van der Waals surface area contributed by atoms with Crippen molar-refractivity contribution in [3.8, 4) is 0 Å². The smallest absolute Gasteiger partial charge is 0.335 e. The molecule has 1 aromatic heterocycles. The molecule has 1 heterocycles. The number of aromatic carboxylic acids is 1. The van der Waals surface area contributed by atoms with Crippen molar-refractivity contribution in [2.24, 2.45) is 0 Å². The van der Waals surface area contributed by atoms with Crippen LogP contribution in [0.4, 0.5) is 23.0 Å². The molecule has 0 fully saturated rings. The van der Waals surface area contributed by atoms with Crippen molar-refractivity contribution in [3.05, 3.63) is 71.5 Å². The van der Waals surface area contributed by atoms with Gasteiger partial charge < -0.3 is 15.7 Å². The third-order valence-electron chi connectivity index (χ3n) is 4.27. The van der Waals surface area contributed by atoms with Crippen molar-refractivity contribution in [3.63, 3.8) is 0 Å². The molecule has 3 aromatic rings. The minimum atomic E-state index is -0.951. The number of benzene rings is 2. The molecule has 2 aromatic carbocycles. The third-order valence-corrected chi connectivity index (χ3v) is 4.27. The zero-order valence-electron chi connectivity index (χ0n) is 16.4. The van der Waals surface area contributed by atoms with E-state index in [-0.39, 0.29) is 11.0 Å². The quantitative estimate of drug-likeness (QED) is 0.562. The molecule has 0 aliphatic heterocycles. The Morgan fingerprint density at radius 1 is 0.857 bits per heavy atom. The number of nitrogens with one attached hydrogen (secondary N) is 2. The number of hydrogen-bond donors (Lipinski definition) is 3. The summed E-state index contributed by atoms with van der Waals surface area (Å²) in [6.45, 7) is 8.38. The Morgan fingerprint density at radius 3 is 1.75 bits per heavy atom. The van der Waals surface area contributed by atoms with Gasteiger partial charge in [0.05, 0.1) is 5.56 Å². The summed E-state index contributed by atoms with van der Waals surface area (Å²) in [6, 6.07) is 16.6. The predicted molar refractivity (Wildman–Crippen MR) is 112 cm³/mol. The van der Waals surface area contributed by atoms with Crippen LogP contribution in [-0.2, 0) is 5.41 Å². The number of carboxylic acids is 1. The van der Waals surface area contributed by atoms with Crippen LogP contribution in [0, 0.1) is 6.92 Å². The highest BCUT2D eigenvalue weighted by Gasteiger charge is 2.13. The molecule has 144 valence electrons. The van der Waals surface area contributed by atoms with Gasteiger partial charge in [0.2, 0.25) is 0 Å². The molecule has 0 unspecified atom stereocenters. The van der Waals surface area contributed by atoms with Crippen molar-refractivity contribution < 1.29 is 9.90 Å². The third kappa shape index (κ3) is 4.85. The molecule has 0 bridgehead atoms. The topological polar surface area (TPSA) is 87.1 Å². The molecular formula is C22H24N4O2. The average Bonchev–Trinajstić information content (AvgIpc) is 2.61. The van der Waals surface area contributed by atoms with Gasteiger partial charge in [0.25, 0.3) is 0 Å². The van der Waals surface area contributed by atoms with Crippen LogP contribution in [0.1, 0.15) is 42.5 Å². The summed E-state index contributed by atoms with van der Waals surface area (Å²) in [5, 5.41) is 15.5. The first-order valence-corrected chi connectivity index (χ1v) is 9.04. The van der Waals surface area contributed by atoms with E-state index >= 15 is 0 Å². The standard InChI is InChI=1S/C22H24N4O2/c1-14-23-19(25-17-9-5-15(6-10-17)21(27)28)13-20(24-14)26-18-11-7-16(8-12-18)22(2,3)4/h5-13H,1-4H3,(H,27,28)(H2,23,24,25,26). The first-order chi connectivity index (χ1) is 13.2. The summed E-state index contributed by atoms with van der Waals surface area (Å²) in [6.07, 6.45) is 0. The monoisotopic (exact) mass is 376 g/mol.